The van der Waals surface area contributed by atoms with Gasteiger partial charge in [-0.3, -0.25) is 14.4 Å². The summed E-state index contributed by atoms with van der Waals surface area (Å²) in [7, 11) is 0. The molecule has 0 radical (unpaired) electrons. The molecular formula is C31H62O18. The highest BCUT2D eigenvalue weighted by Gasteiger charge is 2.60. The molecule has 49 heavy (non-hydrogen) atoms. The summed E-state index contributed by atoms with van der Waals surface area (Å²) in [6.45, 7) is 27.5. The van der Waals surface area contributed by atoms with E-state index in [1.807, 2.05) is 27.7 Å². The quantitative estimate of drug-likeness (QED) is 0.0897. The topological polar surface area (TPSA) is 331 Å². The molecule has 0 aliphatic heterocycles. The van der Waals surface area contributed by atoms with Crippen LogP contribution in [0.25, 0.3) is 0 Å². The van der Waals surface area contributed by atoms with Crippen LogP contribution in [-0.4, -0.2) is 99.7 Å². The second-order valence-corrected chi connectivity index (χ2v) is 11.6. The predicted molar refractivity (Wildman–Crippen MR) is 179 cm³/mol. The lowest BCUT2D eigenvalue weighted by molar-refractivity contribution is -0.191. The Morgan fingerprint density at radius 2 is 0.673 bits per heavy atom. The van der Waals surface area contributed by atoms with Crippen LogP contribution in [0, 0.1) is 34.5 Å². The predicted octanol–water partition coefficient (Wildman–Crippen LogP) is 8.19. The average molecular weight is 723 g/mol. The van der Waals surface area contributed by atoms with Gasteiger partial charge in [0.2, 0.25) is 0 Å². The van der Waals surface area contributed by atoms with E-state index in [9.17, 15) is 14.4 Å². The van der Waals surface area contributed by atoms with Gasteiger partial charge in [0, 0.05) is 12.8 Å². The van der Waals surface area contributed by atoms with Gasteiger partial charge in [0.25, 0.3) is 0 Å². The molecule has 0 aliphatic carbocycles. The monoisotopic (exact) mass is 722 g/mol. The summed E-state index contributed by atoms with van der Waals surface area (Å²) in [5.74, 6) is -0.163. The fourth-order valence-corrected chi connectivity index (χ4v) is 4.96. The third kappa shape index (κ3) is 37.8. The van der Waals surface area contributed by atoms with Crippen molar-refractivity contribution in [3.05, 3.63) is 0 Å². The molecule has 294 valence electrons. The molecule has 0 saturated heterocycles. The lowest BCUT2D eigenvalue weighted by Gasteiger charge is -2.57. The smallest absolute Gasteiger partial charge is 0.481 e. The van der Waals surface area contributed by atoms with Crippen molar-refractivity contribution in [3.8, 4) is 0 Å². The molecule has 0 spiro atoms. The maximum Gasteiger partial charge on any atom is 0.503 e. The van der Waals surface area contributed by atoms with E-state index in [1.54, 1.807) is 0 Å². The third-order valence-electron chi connectivity index (χ3n) is 6.72. The normalized spacial score (nSPS) is 9.92. The Hall–Kier alpha value is -4.51. The van der Waals surface area contributed by atoms with Crippen LogP contribution in [0.3, 0.4) is 0 Å². The van der Waals surface area contributed by atoms with Crippen molar-refractivity contribution in [2.45, 2.75) is 122 Å². The number of rotatable bonds is 11. The SMILES string of the molecule is CC(C)OC(=O)C(C(C)C)(C(C)C)C(C)(C(C)C)C(C)C.CCCC(=O)O.CCCC(=O)O.O=C(O)O.O=C(O)O.O=C(O)O.O=C(O)O. The molecule has 0 aliphatic rings. The maximum atomic E-state index is 13.2. The summed E-state index contributed by atoms with van der Waals surface area (Å²) < 4.78 is 5.75. The Morgan fingerprint density at radius 3 is 0.755 bits per heavy atom. The fourth-order valence-electron chi connectivity index (χ4n) is 4.96. The Bertz CT molecular complexity index is 827. The number of hydrogen-bond donors (Lipinski definition) is 10. The molecule has 0 unspecified atom stereocenters. The van der Waals surface area contributed by atoms with Gasteiger partial charge in [-0.15, -0.1) is 0 Å². The Labute approximate surface area is 288 Å². The standard InChI is InChI=1S/C19H38O2.2C4H8O2.4CH2O3/c1-12(2)18(11,13(3)4)19(14(5)6,15(7)8)17(20)21-16(9)10;2*1-2-3-4(5)6;4*2-1(3)4/h12-16H,1-11H3;2*2-3H2,1H3,(H,5,6);4*(H2,2,3,4). The van der Waals surface area contributed by atoms with Gasteiger partial charge in [0.15, 0.2) is 0 Å². The number of hydrogen-bond acceptors (Lipinski definition) is 8. The molecule has 0 aromatic rings. The van der Waals surface area contributed by atoms with Crippen molar-refractivity contribution in [1.29, 1.82) is 0 Å². The minimum absolute atomic E-state index is 0.0209. The zero-order valence-electron chi connectivity index (χ0n) is 31.0. The first-order valence-electron chi connectivity index (χ1n) is 15.2. The van der Waals surface area contributed by atoms with Crippen molar-refractivity contribution in [3.63, 3.8) is 0 Å². The second-order valence-electron chi connectivity index (χ2n) is 11.6. The lowest BCUT2D eigenvalue weighted by Crippen LogP contribution is -2.59. The van der Waals surface area contributed by atoms with E-state index in [2.05, 4.69) is 62.3 Å². The van der Waals surface area contributed by atoms with E-state index in [4.69, 9.17) is 75.0 Å². The molecule has 0 aromatic heterocycles. The first-order chi connectivity index (χ1) is 21.8. The van der Waals surface area contributed by atoms with E-state index in [0.29, 0.717) is 24.7 Å². The van der Waals surface area contributed by atoms with E-state index in [0.717, 1.165) is 12.8 Å². The van der Waals surface area contributed by atoms with Crippen LogP contribution in [0.1, 0.15) is 116 Å². The van der Waals surface area contributed by atoms with Crippen LogP contribution in [0.5, 0.6) is 0 Å². The zero-order valence-corrected chi connectivity index (χ0v) is 31.0. The average Bonchev–Trinajstić information content (AvgIpc) is 2.82. The highest BCUT2D eigenvalue weighted by Crippen LogP contribution is 2.59. The van der Waals surface area contributed by atoms with Gasteiger partial charge in [-0.1, -0.05) is 76.2 Å². The van der Waals surface area contributed by atoms with Gasteiger partial charge < -0.3 is 55.8 Å². The molecule has 0 rings (SSSR count). The fraction of sp³-hybridized carbons (Fsp3) is 0.774. The number of aliphatic carboxylic acids is 2. The van der Waals surface area contributed by atoms with Gasteiger partial charge in [-0.25, -0.2) is 19.2 Å². The highest BCUT2D eigenvalue weighted by atomic mass is 16.6. The molecule has 0 heterocycles. The van der Waals surface area contributed by atoms with Crippen LogP contribution in [0.2, 0.25) is 0 Å². The summed E-state index contributed by atoms with van der Waals surface area (Å²) in [5.41, 5.74) is -0.582. The van der Waals surface area contributed by atoms with Crippen molar-refractivity contribution in [1.82, 2.24) is 0 Å². The zero-order chi connectivity index (χ0) is 41.5. The minimum Gasteiger partial charge on any atom is -0.481 e. The molecule has 0 bridgehead atoms. The van der Waals surface area contributed by atoms with Gasteiger partial charge in [-0.05, 0) is 55.8 Å². The summed E-state index contributed by atoms with van der Waals surface area (Å²) >= 11 is 0. The molecule has 0 amide bonds. The van der Waals surface area contributed by atoms with Crippen molar-refractivity contribution < 1.29 is 89.4 Å². The van der Waals surface area contributed by atoms with E-state index in [-0.39, 0.29) is 29.3 Å². The summed E-state index contributed by atoms with van der Waals surface area (Å²) in [6, 6.07) is 0. The number of carboxylic acids is 2. The Balaban J connectivity index is -0.000000102. The second kappa shape index (κ2) is 33.4. The molecule has 0 fully saturated rings. The van der Waals surface area contributed by atoms with E-state index >= 15 is 0 Å². The number of carbonyl (C=O) groups excluding carboxylic acids is 1. The van der Waals surface area contributed by atoms with Crippen molar-refractivity contribution in [2.24, 2.45) is 34.5 Å². The van der Waals surface area contributed by atoms with Gasteiger partial charge in [0.1, 0.15) is 0 Å². The summed E-state index contributed by atoms with van der Waals surface area (Å²) in [6.07, 6.45) is -5.36. The van der Waals surface area contributed by atoms with Crippen molar-refractivity contribution in [2.75, 3.05) is 0 Å². The van der Waals surface area contributed by atoms with Gasteiger partial charge in [0.05, 0.1) is 11.5 Å². The number of ether oxygens (including phenoxy) is 1. The van der Waals surface area contributed by atoms with Gasteiger partial charge in [-0.2, -0.15) is 0 Å². The van der Waals surface area contributed by atoms with Gasteiger partial charge >= 0.3 is 42.5 Å². The minimum atomic E-state index is -1.83. The summed E-state index contributed by atoms with van der Waals surface area (Å²) in [4.78, 5) is 66.6. The molecular weight excluding hydrogens is 660 g/mol. The van der Waals surface area contributed by atoms with Crippen LogP contribution >= 0.6 is 0 Å². The first-order valence-corrected chi connectivity index (χ1v) is 15.2. The number of carbonyl (C=O) groups is 7. The van der Waals surface area contributed by atoms with E-state index in [1.165, 1.54) is 0 Å². The third-order valence-corrected chi connectivity index (χ3v) is 6.72. The highest BCUT2D eigenvalue weighted by molar-refractivity contribution is 5.79. The summed E-state index contributed by atoms with van der Waals surface area (Å²) in [5, 5.41) is 71.6. The molecule has 18 heteroatoms. The number of carboxylic acid groups (broad SMARTS) is 10. The van der Waals surface area contributed by atoms with Crippen LogP contribution in [-0.2, 0) is 19.1 Å². The molecule has 0 aromatic carbocycles. The molecule has 10 N–H and O–H groups in total. The van der Waals surface area contributed by atoms with Crippen LogP contribution < -0.4 is 0 Å². The molecule has 18 nitrogen and oxygen atoms in total. The largest absolute Gasteiger partial charge is 0.503 e. The van der Waals surface area contributed by atoms with Crippen molar-refractivity contribution >= 4 is 42.5 Å². The Morgan fingerprint density at radius 1 is 0.469 bits per heavy atom. The Kier molecular flexibility index (Phi) is 40.8. The maximum absolute atomic E-state index is 13.2. The van der Waals surface area contributed by atoms with E-state index < -0.39 is 42.0 Å². The number of esters is 1. The molecule has 0 saturated carbocycles. The van der Waals surface area contributed by atoms with Crippen LogP contribution in [0.4, 0.5) is 19.2 Å². The first kappa shape index (κ1) is 59.9. The molecule has 0 atom stereocenters. The van der Waals surface area contributed by atoms with Crippen LogP contribution in [0.15, 0.2) is 0 Å². The lowest BCUT2D eigenvalue weighted by atomic mass is 9.46.